The van der Waals surface area contributed by atoms with Crippen molar-refractivity contribution in [3.8, 4) is 0 Å². The normalized spacial score (nSPS) is 14.5. The maximum atomic E-state index is 12.4. The van der Waals surface area contributed by atoms with E-state index in [-0.39, 0.29) is 12.3 Å². The maximum Gasteiger partial charge on any atom is 0.229 e. The molecular formula is C17H17Cl2N3O2. The Kier molecular flexibility index (Phi) is 5.56. The third kappa shape index (κ3) is 3.98. The monoisotopic (exact) mass is 365 g/mol. The van der Waals surface area contributed by atoms with Crippen molar-refractivity contribution in [2.24, 2.45) is 0 Å². The van der Waals surface area contributed by atoms with Crippen LogP contribution in [0.1, 0.15) is 5.56 Å². The molecule has 24 heavy (non-hydrogen) atoms. The van der Waals surface area contributed by atoms with Crippen LogP contribution < -0.4 is 10.2 Å². The van der Waals surface area contributed by atoms with Gasteiger partial charge in [0.15, 0.2) is 5.82 Å². The first-order valence-corrected chi connectivity index (χ1v) is 8.41. The zero-order chi connectivity index (χ0) is 16.9. The number of ether oxygens (including phenoxy) is 1. The second kappa shape index (κ2) is 7.83. The Labute approximate surface area is 150 Å². The van der Waals surface area contributed by atoms with E-state index < -0.39 is 0 Å². The van der Waals surface area contributed by atoms with Crippen molar-refractivity contribution in [3.05, 3.63) is 52.1 Å². The lowest BCUT2D eigenvalue weighted by Gasteiger charge is -2.29. The molecule has 1 aliphatic rings. The Bertz CT molecular complexity index is 713. The van der Waals surface area contributed by atoms with E-state index in [1.165, 1.54) is 0 Å². The smallest absolute Gasteiger partial charge is 0.229 e. The summed E-state index contributed by atoms with van der Waals surface area (Å²) in [6.07, 6.45) is 1.82. The number of carbonyl (C=O) groups is 1. The molecule has 1 aromatic carbocycles. The number of morpholine rings is 1. The van der Waals surface area contributed by atoms with Gasteiger partial charge in [-0.1, -0.05) is 29.3 Å². The van der Waals surface area contributed by atoms with Crippen molar-refractivity contribution < 1.29 is 9.53 Å². The Balaban J connectivity index is 1.75. The lowest BCUT2D eigenvalue weighted by Crippen LogP contribution is -2.37. The Morgan fingerprint density at radius 2 is 1.88 bits per heavy atom. The van der Waals surface area contributed by atoms with E-state index in [1.807, 2.05) is 6.07 Å². The predicted octanol–water partition coefficient (Wildman–Crippen LogP) is 3.41. The van der Waals surface area contributed by atoms with Gasteiger partial charge in [-0.2, -0.15) is 0 Å². The number of aromatic nitrogens is 1. The van der Waals surface area contributed by atoms with E-state index in [1.54, 1.807) is 30.5 Å². The molecule has 2 aromatic rings. The summed E-state index contributed by atoms with van der Waals surface area (Å²) in [4.78, 5) is 18.9. The largest absolute Gasteiger partial charge is 0.378 e. The molecule has 3 rings (SSSR count). The standard InChI is InChI=1S/C17H17Cl2N3O2/c18-13-3-1-4-14(19)12(13)11-16(23)21-15-5-2-6-20-17(15)22-7-9-24-10-8-22/h1-6H,7-11H2,(H,21,23). The summed E-state index contributed by atoms with van der Waals surface area (Å²) in [6, 6.07) is 8.83. The second-order valence-electron chi connectivity index (χ2n) is 5.40. The molecule has 126 valence electrons. The van der Waals surface area contributed by atoms with Crippen LogP contribution in [0.5, 0.6) is 0 Å². The van der Waals surface area contributed by atoms with Crippen LogP contribution in [0.15, 0.2) is 36.5 Å². The number of anilines is 2. The van der Waals surface area contributed by atoms with Crippen LogP contribution in [-0.4, -0.2) is 37.2 Å². The molecule has 0 atom stereocenters. The van der Waals surface area contributed by atoms with Crippen LogP contribution in [0.3, 0.4) is 0 Å². The van der Waals surface area contributed by atoms with Gasteiger partial charge in [0.1, 0.15) is 0 Å². The van der Waals surface area contributed by atoms with Gasteiger partial charge in [0, 0.05) is 29.3 Å². The summed E-state index contributed by atoms with van der Waals surface area (Å²) < 4.78 is 5.36. The van der Waals surface area contributed by atoms with Gasteiger partial charge in [0.25, 0.3) is 0 Å². The quantitative estimate of drug-likeness (QED) is 0.901. The van der Waals surface area contributed by atoms with Gasteiger partial charge in [0.05, 0.1) is 25.3 Å². The van der Waals surface area contributed by atoms with Crippen LogP contribution in [0.4, 0.5) is 11.5 Å². The Morgan fingerprint density at radius 1 is 1.17 bits per heavy atom. The molecule has 0 unspecified atom stereocenters. The van der Waals surface area contributed by atoms with Crippen LogP contribution >= 0.6 is 23.2 Å². The number of hydrogen-bond acceptors (Lipinski definition) is 4. The number of carbonyl (C=O) groups excluding carboxylic acids is 1. The third-order valence-corrected chi connectivity index (χ3v) is 4.48. The molecular weight excluding hydrogens is 349 g/mol. The van der Waals surface area contributed by atoms with Crippen LogP contribution in [0.2, 0.25) is 10.0 Å². The van der Waals surface area contributed by atoms with E-state index in [9.17, 15) is 4.79 Å². The average molecular weight is 366 g/mol. The van der Waals surface area contributed by atoms with Gasteiger partial charge in [0.2, 0.25) is 5.91 Å². The molecule has 0 aliphatic carbocycles. The number of hydrogen-bond donors (Lipinski definition) is 1. The number of halogens is 2. The van der Waals surface area contributed by atoms with Gasteiger partial charge in [-0.3, -0.25) is 4.79 Å². The maximum absolute atomic E-state index is 12.4. The molecule has 0 radical (unpaired) electrons. The fraction of sp³-hybridized carbons (Fsp3) is 0.294. The summed E-state index contributed by atoms with van der Waals surface area (Å²) in [5, 5.41) is 3.88. The fourth-order valence-electron chi connectivity index (χ4n) is 2.58. The molecule has 1 saturated heterocycles. The Hall–Kier alpha value is -1.82. The fourth-order valence-corrected chi connectivity index (χ4v) is 3.11. The van der Waals surface area contributed by atoms with Crippen molar-refractivity contribution >= 4 is 40.6 Å². The van der Waals surface area contributed by atoms with Gasteiger partial charge < -0.3 is 15.0 Å². The van der Waals surface area contributed by atoms with Crippen molar-refractivity contribution in [1.82, 2.24) is 4.98 Å². The van der Waals surface area contributed by atoms with E-state index in [0.29, 0.717) is 34.5 Å². The predicted molar refractivity (Wildman–Crippen MR) is 96.1 cm³/mol. The van der Waals surface area contributed by atoms with Crippen LogP contribution in [0.25, 0.3) is 0 Å². The first-order valence-electron chi connectivity index (χ1n) is 7.65. The summed E-state index contributed by atoms with van der Waals surface area (Å²) >= 11 is 12.3. The average Bonchev–Trinajstić information content (AvgIpc) is 2.60. The third-order valence-electron chi connectivity index (χ3n) is 3.77. The van der Waals surface area contributed by atoms with Crippen molar-refractivity contribution in [3.63, 3.8) is 0 Å². The molecule has 1 N–H and O–H groups in total. The molecule has 5 nitrogen and oxygen atoms in total. The van der Waals surface area contributed by atoms with Gasteiger partial charge in [-0.15, -0.1) is 0 Å². The summed E-state index contributed by atoms with van der Waals surface area (Å²) in [5.41, 5.74) is 1.29. The molecule has 7 heteroatoms. The van der Waals surface area contributed by atoms with Crippen molar-refractivity contribution in [2.75, 3.05) is 36.5 Å². The minimum atomic E-state index is -0.187. The first-order chi connectivity index (χ1) is 11.6. The molecule has 1 fully saturated rings. The van der Waals surface area contributed by atoms with E-state index in [4.69, 9.17) is 27.9 Å². The van der Waals surface area contributed by atoms with Crippen molar-refractivity contribution in [2.45, 2.75) is 6.42 Å². The first kappa shape index (κ1) is 17.0. The minimum absolute atomic E-state index is 0.107. The molecule has 1 aliphatic heterocycles. The number of pyridine rings is 1. The van der Waals surface area contributed by atoms with Crippen LogP contribution in [-0.2, 0) is 16.0 Å². The number of amides is 1. The van der Waals surface area contributed by atoms with Gasteiger partial charge >= 0.3 is 0 Å². The lowest BCUT2D eigenvalue weighted by atomic mass is 10.1. The number of rotatable bonds is 4. The zero-order valence-electron chi connectivity index (χ0n) is 13.0. The number of nitrogens with one attached hydrogen (secondary N) is 1. The molecule has 2 heterocycles. The highest BCUT2D eigenvalue weighted by atomic mass is 35.5. The summed E-state index contributed by atoms with van der Waals surface area (Å²) in [6.45, 7) is 2.80. The second-order valence-corrected chi connectivity index (χ2v) is 6.21. The van der Waals surface area contributed by atoms with E-state index >= 15 is 0 Å². The van der Waals surface area contributed by atoms with Gasteiger partial charge in [-0.05, 0) is 29.8 Å². The number of benzene rings is 1. The highest BCUT2D eigenvalue weighted by molar-refractivity contribution is 6.36. The minimum Gasteiger partial charge on any atom is -0.378 e. The van der Waals surface area contributed by atoms with Crippen molar-refractivity contribution in [1.29, 1.82) is 0 Å². The lowest BCUT2D eigenvalue weighted by molar-refractivity contribution is -0.115. The molecule has 0 bridgehead atoms. The SMILES string of the molecule is O=C(Cc1c(Cl)cccc1Cl)Nc1cccnc1N1CCOCC1. The van der Waals surface area contributed by atoms with E-state index in [0.717, 1.165) is 18.9 Å². The number of nitrogens with zero attached hydrogens (tertiary/aromatic N) is 2. The molecule has 1 amide bonds. The molecule has 0 spiro atoms. The summed E-state index contributed by atoms with van der Waals surface area (Å²) in [7, 11) is 0. The topological polar surface area (TPSA) is 54.5 Å². The summed E-state index contributed by atoms with van der Waals surface area (Å²) in [5.74, 6) is 0.562. The van der Waals surface area contributed by atoms with Gasteiger partial charge in [-0.25, -0.2) is 4.98 Å². The molecule has 0 saturated carbocycles. The zero-order valence-corrected chi connectivity index (χ0v) is 14.5. The molecule has 1 aromatic heterocycles. The highest BCUT2D eigenvalue weighted by Crippen LogP contribution is 2.27. The highest BCUT2D eigenvalue weighted by Gasteiger charge is 2.18. The Morgan fingerprint density at radius 3 is 2.58 bits per heavy atom. The van der Waals surface area contributed by atoms with E-state index in [2.05, 4.69) is 15.2 Å². The van der Waals surface area contributed by atoms with Crippen LogP contribution in [0, 0.1) is 0 Å².